The summed E-state index contributed by atoms with van der Waals surface area (Å²) in [7, 11) is 1.92. The second-order valence-corrected chi connectivity index (χ2v) is 7.06. The van der Waals surface area contributed by atoms with Crippen LogP contribution in [-0.4, -0.2) is 14.8 Å². The van der Waals surface area contributed by atoms with Crippen molar-refractivity contribution in [2.75, 3.05) is 0 Å². The van der Waals surface area contributed by atoms with E-state index in [1.165, 1.54) is 11.8 Å². The van der Waals surface area contributed by atoms with Crippen molar-refractivity contribution in [1.29, 1.82) is 0 Å². The monoisotopic (exact) mass is 383 g/mol. The van der Waals surface area contributed by atoms with Crippen molar-refractivity contribution in [3.8, 4) is 11.4 Å². The standard InChI is InChI=1S/C16H12Cl3N3S/c1-22-15(10-4-2-5-11(17)8-10)20-21-16(22)23-9-12-13(18)6-3-7-14(12)19/h2-8H,9H2,1H3. The first kappa shape index (κ1) is 16.7. The molecule has 0 aliphatic heterocycles. The van der Waals surface area contributed by atoms with E-state index in [1.54, 1.807) is 0 Å². The lowest BCUT2D eigenvalue weighted by atomic mass is 10.2. The van der Waals surface area contributed by atoms with Gasteiger partial charge < -0.3 is 4.57 Å². The van der Waals surface area contributed by atoms with Crippen LogP contribution in [0.5, 0.6) is 0 Å². The SMILES string of the molecule is Cn1c(SCc2c(Cl)cccc2Cl)nnc1-c1cccc(Cl)c1. The molecule has 3 aromatic rings. The van der Waals surface area contributed by atoms with Crippen LogP contribution in [0.2, 0.25) is 15.1 Å². The second kappa shape index (κ2) is 7.14. The fourth-order valence-electron chi connectivity index (χ4n) is 2.13. The summed E-state index contributed by atoms with van der Waals surface area (Å²) in [5.41, 5.74) is 1.82. The summed E-state index contributed by atoms with van der Waals surface area (Å²) in [4.78, 5) is 0. The average Bonchev–Trinajstić information content (AvgIpc) is 2.88. The zero-order valence-electron chi connectivity index (χ0n) is 12.1. The molecule has 2 aromatic carbocycles. The largest absolute Gasteiger partial charge is 0.305 e. The number of hydrogen-bond acceptors (Lipinski definition) is 3. The number of aromatic nitrogens is 3. The topological polar surface area (TPSA) is 30.7 Å². The van der Waals surface area contributed by atoms with E-state index in [4.69, 9.17) is 34.8 Å². The predicted octanol–water partition coefficient (Wildman–Crippen LogP) is 5.73. The first-order valence-electron chi connectivity index (χ1n) is 6.77. The Balaban J connectivity index is 1.83. The van der Waals surface area contributed by atoms with Gasteiger partial charge in [0.15, 0.2) is 11.0 Å². The molecule has 0 fully saturated rings. The maximum atomic E-state index is 6.20. The number of nitrogens with zero attached hydrogens (tertiary/aromatic N) is 3. The minimum atomic E-state index is 0.625. The molecule has 0 N–H and O–H groups in total. The fourth-order valence-corrected chi connectivity index (χ4v) is 3.97. The highest BCUT2D eigenvalue weighted by molar-refractivity contribution is 7.98. The molecular formula is C16H12Cl3N3S. The molecule has 0 radical (unpaired) electrons. The molecule has 23 heavy (non-hydrogen) atoms. The molecule has 118 valence electrons. The summed E-state index contributed by atoms with van der Waals surface area (Å²) in [5, 5.41) is 11.3. The molecule has 1 aromatic heterocycles. The van der Waals surface area contributed by atoms with Crippen molar-refractivity contribution in [3.63, 3.8) is 0 Å². The first-order valence-corrected chi connectivity index (χ1v) is 8.89. The fraction of sp³-hybridized carbons (Fsp3) is 0.125. The lowest BCUT2D eigenvalue weighted by Gasteiger charge is -2.07. The summed E-state index contributed by atoms with van der Waals surface area (Å²) in [5.74, 6) is 1.39. The quantitative estimate of drug-likeness (QED) is 0.538. The highest BCUT2D eigenvalue weighted by Crippen LogP contribution is 2.32. The van der Waals surface area contributed by atoms with Crippen molar-refractivity contribution in [2.45, 2.75) is 10.9 Å². The maximum Gasteiger partial charge on any atom is 0.191 e. The van der Waals surface area contributed by atoms with E-state index >= 15 is 0 Å². The number of halogens is 3. The average molecular weight is 385 g/mol. The Hall–Kier alpha value is -1.20. The molecule has 0 aliphatic rings. The van der Waals surface area contributed by atoms with Crippen LogP contribution in [-0.2, 0) is 12.8 Å². The zero-order valence-corrected chi connectivity index (χ0v) is 15.2. The molecule has 0 aliphatic carbocycles. The Kier molecular flexibility index (Phi) is 5.17. The second-order valence-electron chi connectivity index (χ2n) is 4.86. The molecule has 3 nitrogen and oxygen atoms in total. The van der Waals surface area contributed by atoms with Crippen LogP contribution in [0.4, 0.5) is 0 Å². The van der Waals surface area contributed by atoms with Crippen LogP contribution in [0.3, 0.4) is 0 Å². The molecule has 7 heteroatoms. The van der Waals surface area contributed by atoms with Crippen LogP contribution >= 0.6 is 46.6 Å². The van der Waals surface area contributed by atoms with Crippen molar-refractivity contribution in [2.24, 2.45) is 7.05 Å². The summed E-state index contributed by atoms with van der Waals surface area (Å²) >= 11 is 20.0. The summed E-state index contributed by atoms with van der Waals surface area (Å²) in [6.07, 6.45) is 0. The van der Waals surface area contributed by atoms with Gasteiger partial charge in [-0.2, -0.15) is 0 Å². The summed E-state index contributed by atoms with van der Waals surface area (Å²) in [6.45, 7) is 0. The van der Waals surface area contributed by atoms with Gasteiger partial charge in [0.05, 0.1) is 0 Å². The van der Waals surface area contributed by atoms with E-state index in [0.717, 1.165) is 22.1 Å². The Bertz CT molecular complexity index is 828. The highest BCUT2D eigenvalue weighted by Gasteiger charge is 2.13. The molecule has 0 atom stereocenters. The maximum absolute atomic E-state index is 6.20. The molecule has 0 unspecified atom stereocenters. The van der Waals surface area contributed by atoms with Crippen LogP contribution < -0.4 is 0 Å². The van der Waals surface area contributed by atoms with Gasteiger partial charge in [-0.25, -0.2) is 0 Å². The van der Waals surface area contributed by atoms with Crippen LogP contribution in [0.25, 0.3) is 11.4 Å². The molecular weight excluding hydrogens is 373 g/mol. The van der Waals surface area contributed by atoms with Crippen LogP contribution in [0, 0.1) is 0 Å². The third-order valence-corrected chi connectivity index (χ3v) is 5.32. The van der Waals surface area contributed by atoms with Gasteiger partial charge in [0.2, 0.25) is 0 Å². The van der Waals surface area contributed by atoms with Gasteiger partial charge in [-0.05, 0) is 29.8 Å². The minimum Gasteiger partial charge on any atom is -0.305 e. The molecule has 0 bridgehead atoms. The summed E-state index contributed by atoms with van der Waals surface area (Å²) in [6, 6.07) is 13.0. The third kappa shape index (κ3) is 3.66. The molecule has 1 heterocycles. The van der Waals surface area contributed by atoms with Gasteiger partial charge in [-0.1, -0.05) is 64.8 Å². The van der Waals surface area contributed by atoms with Crippen molar-refractivity contribution in [3.05, 3.63) is 63.1 Å². The molecule has 0 amide bonds. The molecule has 0 saturated heterocycles. The minimum absolute atomic E-state index is 0.625. The van der Waals surface area contributed by atoms with E-state index in [0.29, 0.717) is 20.8 Å². The van der Waals surface area contributed by atoms with E-state index in [9.17, 15) is 0 Å². The van der Waals surface area contributed by atoms with E-state index in [2.05, 4.69) is 10.2 Å². The number of rotatable bonds is 4. The van der Waals surface area contributed by atoms with Crippen molar-refractivity contribution >= 4 is 46.6 Å². The van der Waals surface area contributed by atoms with Crippen molar-refractivity contribution < 1.29 is 0 Å². The van der Waals surface area contributed by atoms with Gasteiger partial charge in [0.1, 0.15) is 0 Å². The van der Waals surface area contributed by atoms with Gasteiger partial charge in [-0.15, -0.1) is 10.2 Å². The third-order valence-electron chi connectivity index (χ3n) is 3.33. The number of thioether (sulfide) groups is 1. The van der Waals surface area contributed by atoms with Crippen molar-refractivity contribution in [1.82, 2.24) is 14.8 Å². The van der Waals surface area contributed by atoms with Gasteiger partial charge >= 0.3 is 0 Å². The molecule has 0 saturated carbocycles. The van der Waals surface area contributed by atoms with Crippen LogP contribution in [0.1, 0.15) is 5.56 Å². The zero-order chi connectivity index (χ0) is 16.4. The Morgan fingerprint density at radius 2 is 1.70 bits per heavy atom. The van der Waals surface area contributed by atoms with Gasteiger partial charge in [-0.3, -0.25) is 0 Å². The number of hydrogen-bond donors (Lipinski definition) is 0. The van der Waals surface area contributed by atoms with Crippen LogP contribution in [0.15, 0.2) is 47.6 Å². The smallest absolute Gasteiger partial charge is 0.191 e. The lowest BCUT2D eigenvalue weighted by Crippen LogP contribution is -1.95. The molecule has 3 rings (SSSR count). The Labute approximate surface area is 153 Å². The van der Waals surface area contributed by atoms with E-state index in [1.807, 2.05) is 54.1 Å². The Morgan fingerprint density at radius 3 is 2.39 bits per heavy atom. The highest BCUT2D eigenvalue weighted by atomic mass is 35.5. The predicted molar refractivity (Wildman–Crippen MR) is 97.5 cm³/mol. The first-order chi connectivity index (χ1) is 11.1. The summed E-state index contributed by atoms with van der Waals surface area (Å²) < 4.78 is 1.93. The number of benzene rings is 2. The van der Waals surface area contributed by atoms with E-state index < -0.39 is 0 Å². The van der Waals surface area contributed by atoms with E-state index in [-0.39, 0.29) is 0 Å². The normalized spacial score (nSPS) is 11.0. The lowest BCUT2D eigenvalue weighted by molar-refractivity contribution is 0.794. The van der Waals surface area contributed by atoms with Gasteiger partial charge in [0.25, 0.3) is 0 Å². The molecule has 0 spiro atoms. The van der Waals surface area contributed by atoms with Gasteiger partial charge in [0, 0.05) is 33.4 Å². The Morgan fingerprint density at radius 1 is 1.00 bits per heavy atom.